The van der Waals surface area contributed by atoms with Gasteiger partial charge in [0.15, 0.2) is 0 Å². The fourth-order valence-corrected chi connectivity index (χ4v) is 5.01. The molecule has 1 unspecified atom stereocenters. The number of hydrogen-bond acceptors (Lipinski definition) is 2. The van der Waals surface area contributed by atoms with Crippen molar-refractivity contribution in [1.82, 2.24) is 0 Å². The zero-order valence-electron chi connectivity index (χ0n) is 8.19. The van der Waals surface area contributed by atoms with Crippen LogP contribution in [0.5, 0.6) is 0 Å². The van der Waals surface area contributed by atoms with Crippen molar-refractivity contribution < 1.29 is 9.22 Å². The predicted molar refractivity (Wildman–Crippen MR) is 53.7 cm³/mol. The van der Waals surface area contributed by atoms with Crippen LogP contribution in [0.15, 0.2) is 0 Å². The van der Waals surface area contributed by atoms with E-state index in [9.17, 15) is 4.79 Å². The van der Waals surface area contributed by atoms with Gasteiger partial charge >= 0.3 is 0 Å². The molecule has 4 heteroatoms. The lowest BCUT2D eigenvalue weighted by Crippen LogP contribution is -2.33. The fraction of sp³-hybridized carbons (Fsp3) is 0.875. The van der Waals surface area contributed by atoms with E-state index in [4.69, 9.17) is 15.5 Å². The van der Waals surface area contributed by atoms with Gasteiger partial charge in [-0.2, -0.15) is 0 Å². The van der Waals surface area contributed by atoms with Gasteiger partial charge in [0, 0.05) is 0 Å². The molecule has 0 aromatic carbocycles. The molecule has 0 amide bonds. The minimum Gasteiger partial charge on any atom is -0.396 e. The number of hydrogen-bond donors (Lipinski definition) is 0. The lowest BCUT2D eigenvalue weighted by atomic mass is 10.0. The number of halogens is 1. The quantitative estimate of drug-likeness (QED) is 0.403. The van der Waals surface area contributed by atoms with E-state index in [-0.39, 0.29) is 12.0 Å². The molecule has 0 heterocycles. The molecule has 2 nitrogen and oxygen atoms in total. The highest BCUT2D eigenvalue weighted by molar-refractivity contribution is 7.16. The smallest absolute Gasteiger partial charge is 0.287 e. The Morgan fingerprint density at radius 1 is 1.50 bits per heavy atom. The van der Waals surface area contributed by atoms with Crippen molar-refractivity contribution in [2.24, 2.45) is 5.41 Å². The van der Waals surface area contributed by atoms with E-state index < -0.39 is 7.63 Å². The van der Waals surface area contributed by atoms with Gasteiger partial charge in [-0.1, -0.05) is 20.8 Å². The van der Waals surface area contributed by atoms with E-state index >= 15 is 0 Å². The summed E-state index contributed by atoms with van der Waals surface area (Å²) in [4.78, 5) is 10.1. The van der Waals surface area contributed by atoms with Gasteiger partial charge in [-0.3, -0.25) is 0 Å². The van der Waals surface area contributed by atoms with Crippen molar-refractivity contribution in [3.05, 3.63) is 0 Å². The molecule has 0 spiro atoms. The molecule has 1 atom stereocenters. The van der Waals surface area contributed by atoms with Crippen LogP contribution in [0.2, 0.25) is 12.6 Å². The topological polar surface area (TPSA) is 26.3 Å². The first kappa shape index (κ1) is 12.1. The first-order valence-corrected chi connectivity index (χ1v) is 7.66. The zero-order valence-corrected chi connectivity index (χ0v) is 9.94. The molecule has 0 saturated heterocycles. The SMILES string of the molecule is CC(C)(C)C[Si](C)(Cl)OCC=O. The van der Waals surface area contributed by atoms with Gasteiger partial charge in [0.05, 0.1) is 6.61 Å². The highest BCUT2D eigenvalue weighted by atomic mass is 35.6. The normalized spacial score (nSPS) is 17.1. The second-order valence-electron chi connectivity index (χ2n) is 4.32. The number of aldehydes is 1. The summed E-state index contributed by atoms with van der Waals surface area (Å²) >= 11 is 6.16. The third kappa shape index (κ3) is 6.82. The summed E-state index contributed by atoms with van der Waals surface area (Å²) in [7, 11) is -2.12. The molecule has 12 heavy (non-hydrogen) atoms. The Morgan fingerprint density at radius 2 is 2.00 bits per heavy atom. The highest BCUT2D eigenvalue weighted by Gasteiger charge is 2.32. The molecule has 0 rings (SSSR count). The molecule has 0 aliphatic carbocycles. The number of rotatable bonds is 4. The van der Waals surface area contributed by atoms with Crippen LogP contribution in [0.1, 0.15) is 20.8 Å². The van der Waals surface area contributed by atoms with E-state index in [2.05, 4.69) is 20.8 Å². The maximum absolute atomic E-state index is 10.1. The Kier molecular flexibility index (Phi) is 4.44. The van der Waals surface area contributed by atoms with Crippen LogP contribution in [-0.4, -0.2) is 20.5 Å². The number of carbonyl (C=O) groups excluding carboxylic acids is 1. The van der Waals surface area contributed by atoms with Crippen LogP contribution in [-0.2, 0) is 9.22 Å². The average Bonchev–Trinajstić information content (AvgIpc) is 1.78. The van der Waals surface area contributed by atoms with Crippen molar-refractivity contribution in [2.75, 3.05) is 6.61 Å². The van der Waals surface area contributed by atoms with Crippen LogP contribution in [0, 0.1) is 5.41 Å². The summed E-state index contributed by atoms with van der Waals surface area (Å²) in [6.07, 6.45) is 0.746. The third-order valence-electron chi connectivity index (χ3n) is 1.30. The van der Waals surface area contributed by atoms with Gasteiger partial charge in [0.2, 0.25) is 0 Å². The molecule has 72 valence electrons. The first-order chi connectivity index (χ1) is 5.27. The molecule has 0 bridgehead atoms. The van der Waals surface area contributed by atoms with Gasteiger partial charge in [-0.25, -0.2) is 0 Å². The molecular weight excluding hydrogens is 192 g/mol. The molecule has 0 aliphatic rings. The lowest BCUT2D eigenvalue weighted by Gasteiger charge is -2.27. The van der Waals surface area contributed by atoms with Crippen molar-refractivity contribution in [3.63, 3.8) is 0 Å². The van der Waals surface area contributed by atoms with Gasteiger partial charge < -0.3 is 9.22 Å². The van der Waals surface area contributed by atoms with E-state index in [1.54, 1.807) is 0 Å². The van der Waals surface area contributed by atoms with Gasteiger partial charge in [0.25, 0.3) is 7.63 Å². The monoisotopic (exact) mass is 208 g/mol. The molecular formula is C8H17ClO2Si. The minimum atomic E-state index is -2.12. The average molecular weight is 209 g/mol. The van der Waals surface area contributed by atoms with E-state index in [0.717, 1.165) is 12.3 Å². The molecule has 0 aromatic rings. The maximum Gasteiger partial charge on any atom is 0.287 e. The molecule has 0 aromatic heterocycles. The van der Waals surface area contributed by atoms with Crippen molar-refractivity contribution in [2.45, 2.75) is 33.4 Å². The Hall–Kier alpha value is 0.137. The summed E-state index contributed by atoms with van der Waals surface area (Å²) in [6, 6.07) is 0.857. The Labute approximate surface area is 80.1 Å². The van der Waals surface area contributed by atoms with Crippen LogP contribution in [0.3, 0.4) is 0 Å². The molecule has 0 N–H and O–H groups in total. The predicted octanol–water partition coefficient (Wildman–Crippen LogP) is 2.56. The van der Waals surface area contributed by atoms with Crippen molar-refractivity contribution >= 4 is 25.0 Å². The second kappa shape index (κ2) is 4.39. The van der Waals surface area contributed by atoms with Crippen molar-refractivity contribution in [3.8, 4) is 0 Å². The van der Waals surface area contributed by atoms with E-state index in [0.29, 0.717) is 0 Å². The highest BCUT2D eigenvalue weighted by Crippen LogP contribution is 2.30. The summed E-state index contributed by atoms with van der Waals surface area (Å²) in [5, 5.41) is 0. The molecule has 0 fully saturated rings. The zero-order chi connectivity index (χ0) is 9.83. The lowest BCUT2D eigenvalue weighted by molar-refractivity contribution is -0.109. The first-order valence-electron chi connectivity index (χ1n) is 4.03. The number of carbonyl (C=O) groups is 1. The third-order valence-corrected chi connectivity index (χ3v) is 4.49. The summed E-state index contributed by atoms with van der Waals surface area (Å²) in [6.45, 7) is 8.40. The standard InChI is InChI=1S/C8H17ClO2Si/c1-8(2,3)7-12(4,9)11-6-5-10/h5H,6-7H2,1-4H3. The van der Waals surface area contributed by atoms with E-state index in [1.807, 2.05) is 6.55 Å². The van der Waals surface area contributed by atoms with Gasteiger partial charge in [0.1, 0.15) is 6.29 Å². The van der Waals surface area contributed by atoms with Crippen LogP contribution < -0.4 is 0 Å². The largest absolute Gasteiger partial charge is 0.396 e. The molecule has 0 radical (unpaired) electrons. The van der Waals surface area contributed by atoms with Crippen molar-refractivity contribution in [1.29, 1.82) is 0 Å². The minimum absolute atomic E-state index is 0.127. The van der Waals surface area contributed by atoms with Crippen LogP contribution >= 0.6 is 11.1 Å². The summed E-state index contributed by atoms with van der Waals surface area (Å²) < 4.78 is 5.29. The Morgan fingerprint density at radius 3 is 2.33 bits per heavy atom. The Balaban J connectivity index is 3.94. The molecule has 0 saturated carbocycles. The van der Waals surface area contributed by atoms with Crippen LogP contribution in [0.4, 0.5) is 0 Å². The van der Waals surface area contributed by atoms with Gasteiger partial charge in [-0.15, -0.1) is 11.1 Å². The molecule has 0 aliphatic heterocycles. The van der Waals surface area contributed by atoms with E-state index in [1.165, 1.54) is 0 Å². The fourth-order valence-electron chi connectivity index (χ4n) is 1.21. The maximum atomic E-state index is 10.1. The van der Waals surface area contributed by atoms with Crippen LogP contribution in [0.25, 0.3) is 0 Å². The summed E-state index contributed by atoms with van der Waals surface area (Å²) in [5.41, 5.74) is 0.172. The Bertz CT molecular complexity index is 152. The van der Waals surface area contributed by atoms with Gasteiger partial charge in [-0.05, 0) is 18.0 Å². The second-order valence-corrected chi connectivity index (χ2v) is 9.56. The summed E-state index contributed by atoms with van der Waals surface area (Å²) in [5.74, 6) is 0.